The van der Waals surface area contributed by atoms with Crippen molar-refractivity contribution in [3.63, 3.8) is 0 Å². The minimum atomic E-state index is -0.896. The molecule has 5 nitrogen and oxygen atoms in total. The Kier molecular flexibility index (Phi) is 5.46. The van der Waals surface area contributed by atoms with Crippen LogP contribution in [0.25, 0.3) is 0 Å². The average Bonchev–Trinajstić information content (AvgIpc) is 3.08. The Labute approximate surface area is 152 Å². The monoisotopic (exact) mass is 351 g/mol. The van der Waals surface area contributed by atoms with Crippen molar-refractivity contribution in [2.45, 2.75) is 38.5 Å². The SMILES string of the molecule is O=C(O)Cc1ccc(NC(=O)CCC(=O)c2ccc3c(c2)CCC3)cc1. The lowest BCUT2D eigenvalue weighted by atomic mass is 10.0. The van der Waals surface area contributed by atoms with Crippen molar-refractivity contribution < 1.29 is 19.5 Å². The van der Waals surface area contributed by atoms with Gasteiger partial charge in [-0.25, -0.2) is 0 Å². The molecule has 2 N–H and O–H groups in total. The third-order valence-corrected chi connectivity index (χ3v) is 4.59. The number of hydrogen-bond acceptors (Lipinski definition) is 3. The largest absolute Gasteiger partial charge is 0.481 e. The summed E-state index contributed by atoms with van der Waals surface area (Å²) in [5.74, 6) is -1.15. The van der Waals surface area contributed by atoms with Crippen molar-refractivity contribution in [2.24, 2.45) is 0 Å². The molecule has 0 saturated carbocycles. The Balaban J connectivity index is 1.50. The first kappa shape index (κ1) is 17.9. The van der Waals surface area contributed by atoms with Crippen molar-refractivity contribution in [3.8, 4) is 0 Å². The van der Waals surface area contributed by atoms with Crippen LogP contribution in [0.2, 0.25) is 0 Å². The van der Waals surface area contributed by atoms with E-state index in [4.69, 9.17) is 5.11 Å². The van der Waals surface area contributed by atoms with Gasteiger partial charge in [0.05, 0.1) is 6.42 Å². The summed E-state index contributed by atoms with van der Waals surface area (Å²) in [6.45, 7) is 0. The molecule has 0 spiro atoms. The van der Waals surface area contributed by atoms with Crippen molar-refractivity contribution >= 4 is 23.3 Å². The molecule has 0 heterocycles. The summed E-state index contributed by atoms with van der Waals surface area (Å²) < 4.78 is 0. The maximum absolute atomic E-state index is 12.3. The summed E-state index contributed by atoms with van der Waals surface area (Å²) in [4.78, 5) is 35.0. The van der Waals surface area contributed by atoms with Crippen molar-refractivity contribution in [2.75, 3.05) is 5.32 Å². The lowest BCUT2D eigenvalue weighted by molar-refractivity contribution is -0.136. The van der Waals surface area contributed by atoms with Crippen molar-refractivity contribution in [1.29, 1.82) is 0 Å². The van der Waals surface area contributed by atoms with E-state index in [-0.39, 0.29) is 31.0 Å². The Hall–Kier alpha value is -2.95. The van der Waals surface area contributed by atoms with Crippen LogP contribution in [-0.2, 0) is 28.9 Å². The number of fused-ring (bicyclic) bond motifs is 1. The Morgan fingerprint density at radius 1 is 0.923 bits per heavy atom. The normalized spacial score (nSPS) is 12.5. The minimum absolute atomic E-state index is 0.0216. The quantitative estimate of drug-likeness (QED) is 0.749. The van der Waals surface area contributed by atoms with Crippen LogP contribution in [0, 0.1) is 0 Å². The molecule has 2 aromatic carbocycles. The van der Waals surface area contributed by atoms with Gasteiger partial charge >= 0.3 is 5.97 Å². The van der Waals surface area contributed by atoms with Gasteiger partial charge in [-0.3, -0.25) is 14.4 Å². The molecule has 0 aliphatic heterocycles. The van der Waals surface area contributed by atoms with E-state index in [2.05, 4.69) is 5.32 Å². The Bertz CT molecular complexity index is 840. The fraction of sp³-hybridized carbons (Fsp3) is 0.286. The van der Waals surface area contributed by atoms with Gasteiger partial charge in [0.15, 0.2) is 5.78 Å². The highest BCUT2D eigenvalue weighted by molar-refractivity contribution is 6.00. The van der Waals surface area contributed by atoms with Gasteiger partial charge in [0.25, 0.3) is 0 Å². The van der Waals surface area contributed by atoms with E-state index in [0.29, 0.717) is 16.8 Å². The molecule has 1 aliphatic carbocycles. The predicted molar refractivity (Wildman–Crippen MR) is 98.4 cm³/mol. The molecule has 0 fully saturated rings. The molecule has 1 amide bonds. The number of aryl methyl sites for hydroxylation is 2. The van der Waals surface area contributed by atoms with Crippen LogP contribution in [0.5, 0.6) is 0 Å². The molecular weight excluding hydrogens is 330 g/mol. The van der Waals surface area contributed by atoms with Crippen LogP contribution < -0.4 is 5.32 Å². The summed E-state index contributed by atoms with van der Waals surface area (Å²) >= 11 is 0. The fourth-order valence-corrected chi connectivity index (χ4v) is 3.22. The van der Waals surface area contributed by atoms with E-state index in [1.165, 1.54) is 11.1 Å². The first-order chi connectivity index (χ1) is 12.5. The molecule has 26 heavy (non-hydrogen) atoms. The molecule has 134 valence electrons. The smallest absolute Gasteiger partial charge is 0.307 e. The number of carboxylic acids is 1. The maximum atomic E-state index is 12.3. The van der Waals surface area contributed by atoms with E-state index < -0.39 is 5.97 Å². The van der Waals surface area contributed by atoms with E-state index in [0.717, 1.165) is 19.3 Å². The number of hydrogen-bond donors (Lipinski definition) is 2. The van der Waals surface area contributed by atoms with Gasteiger partial charge in [-0.05, 0) is 54.2 Å². The molecule has 0 saturated heterocycles. The second-order valence-corrected chi connectivity index (χ2v) is 6.58. The second kappa shape index (κ2) is 7.95. The van der Waals surface area contributed by atoms with Gasteiger partial charge in [-0.15, -0.1) is 0 Å². The molecular formula is C21H21NO4. The van der Waals surface area contributed by atoms with E-state index >= 15 is 0 Å². The van der Waals surface area contributed by atoms with Gasteiger partial charge < -0.3 is 10.4 Å². The Morgan fingerprint density at radius 2 is 1.65 bits per heavy atom. The van der Waals surface area contributed by atoms with Gasteiger partial charge in [0.1, 0.15) is 0 Å². The lowest BCUT2D eigenvalue weighted by Crippen LogP contribution is -2.13. The topological polar surface area (TPSA) is 83.5 Å². The van der Waals surface area contributed by atoms with Crippen LogP contribution >= 0.6 is 0 Å². The van der Waals surface area contributed by atoms with E-state index in [1.54, 1.807) is 24.3 Å². The predicted octanol–water partition coefficient (Wildman–Crippen LogP) is 3.40. The number of Topliss-reactive ketones (excluding diaryl/α,β-unsaturated/α-hetero) is 1. The number of nitrogens with one attached hydrogen (secondary N) is 1. The zero-order chi connectivity index (χ0) is 18.5. The van der Waals surface area contributed by atoms with Crippen molar-refractivity contribution in [3.05, 3.63) is 64.7 Å². The Morgan fingerprint density at radius 3 is 2.38 bits per heavy atom. The first-order valence-corrected chi connectivity index (χ1v) is 8.77. The third-order valence-electron chi connectivity index (χ3n) is 4.59. The second-order valence-electron chi connectivity index (χ2n) is 6.58. The van der Waals surface area contributed by atoms with Crippen LogP contribution in [0.3, 0.4) is 0 Å². The molecule has 0 bridgehead atoms. The lowest BCUT2D eigenvalue weighted by Gasteiger charge is -2.07. The maximum Gasteiger partial charge on any atom is 0.307 e. The molecule has 1 aliphatic rings. The summed E-state index contributed by atoms with van der Waals surface area (Å²) in [7, 11) is 0. The first-order valence-electron chi connectivity index (χ1n) is 8.77. The minimum Gasteiger partial charge on any atom is -0.481 e. The highest BCUT2D eigenvalue weighted by atomic mass is 16.4. The molecule has 5 heteroatoms. The highest BCUT2D eigenvalue weighted by Gasteiger charge is 2.15. The fourth-order valence-electron chi connectivity index (χ4n) is 3.22. The van der Waals surface area contributed by atoms with Gasteiger partial charge in [-0.1, -0.05) is 24.3 Å². The number of carboxylic acid groups (broad SMARTS) is 1. The van der Waals surface area contributed by atoms with Gasteiger partial charge in [0.2, 0.25) is 5.91 Å². The number of aliphatic carboxylic acids is 1. The van der Waals surface area contributed by atoms with Crippen LogP contribution in [0.15, 0.2) is 42.5 Å². The average molecular weight is 351 g/mol. The van der Waals surface area contributed by atoms with Crippen LogP contribution in [0.1, 0.15) is 46.3 Å². The number of rotatable bonds is 7. The molecule has 0 atom stereocenters. The molecule has 3 rings (SSSR count). The van der Waals surface area contributed by atoms with Gasteiger partial charge in [-0.2, -0.15) is 0 Å². The number of carbonyl (C=O) groups is 3. The van der Waals surface area contributed by atoms with Gasteiger partial charge in [0, 0.05) is 24.1 Å². The third kappa shape index (κ3) is 4.57. The van der Waals surface area contributed by atoms with Crippen LogP contribution in [0.4, 0.5) is 5.69 Å². The molecule has 0 radical (unpaired) electrons. The number of anilines is 1. The molecule has 2 aromatic rings. The summed E-state index contributed by atoms with van der Waals surface area (Å²) in [6, 6.07) is 12.5. The van der Waals surface area contributed by atoms with E-state index in [1.807, 2.05) is 18.2 Å². The van der Waals surface area contributed by atoms with Crippen molar-refractivity contribution in [1.82, 2.24) is 0 Å². The zero-order valence-electron chi connectivity index (χ0n) is 14.5. The summed E-state index contributed by atoms with van der Waals surface area (Å²) in [6.07, 6.45) is 3.48. The summed E-state index contributed by atoms with van der Waals surface area (Å²) in [5.41, 5.74) is 4.51. The van der Waals surface area contributed by atoms with E-state index in [9.17, 15) is 14.4 Å². The summed E-state index contributed by atoms with van der Waals surface area (Å²) in [5, 5.41) is 11.5. The number of carbonyl (C=O) groups excluding carboxylic acids is 2. The van der Waals surface area contributed by atoms with Crippen LogP contribution in [-0.4, -0.2) is 22.8 Å². The number of ketones is 1. The number of amides is 1. The standard InChI is InChI=1S/C21H21NO4/c23-19(17-7-6-15-2-1-3-16(15)13-17)10-11-20(24)22-18-8-4-14(5-9-18)12-21(25)26/h4-9,13H,1-3,10-12H2,(H,22,24)(H,25,26). The molecule has 0 aromatic heterocycles. The highest BCUT2D eigenvalue weighted by Crippen LogP contribution is 2.23. The zero-order valence-corrected chi connectivity index (χ0v) is 14.5. The molecule has 0 unspecified atom stereocenters. The number of benzene rings is 2.